The minimum Gasteiger partial charge on any atom is -0.462 e. The third kappa shape index (κ3) is 32.8. The standard InChI is InChI=1S/C39H68O6/c1-4-7-10-13-16-19-22-25-28-31-37(40)43-34-36(45-39(42)33-30-27-24-21-18-15-12-9-6-3)35-44-38(41)32-29-26-23-20-17-14-11-8-5-2/h4-6,36H,1-3,7-35H2. The first kappa shape index (κ1) is 42.6. The van der Waals surface area contributed by atoms with Gasteiger partial charge in [-0.3, -0.25) is 14.4 Å². The quantitative estimate of drug-likeness (QED) is 0.0299. The number of allylic oxidation sites excluding steroid dienone is 3. The average Bonchev–Trinajstić information content (AvgIpc) is 3.03. The predicted molar refractivity (Wildman–Crippen MR) is 187 cm³/mol. The van der Waals surface area contributed by atoms with Gasteiger partial charge in [0.15, 0.2) is 6.10 Å². The first-order valence-electron chi connectivity index (χ1n) is 18.4. The molecule has 260 valence electrons. The lowest BCUT2D eigenvalue weighted by atomic mass is 10.1. The van der Waals surface area contributed by atoms with E-state index in [1.165, 1.54) is 77.0 Å². The van der Waals surface area contributed by atoms with E-state index in [9.17, 15) is 14.4 Å². The molecule has 0 N–H and O–H groups in total. The van der Waals surface area contributed by atoms with Crippen LogP contribution < -0.4 is 0 Å². The van der Waals surface area contributed by atoms with Crippen molar-refractivity contribution in [1.29, 1.82) is 0 Å². The average molecular weight is 633 g/mol. The van der Waals surface area contributed by atoms with Crippen molar-refractivity contribution < 1.29 is 28.6 Å². The van der Waals surface area contributed by atoms with Crippen LogP contribution >= 0.6 is 0 Å². The smallest absolute Gasteiger partial charge is 0.306 e. The Balaban J connectivity index is 4.36. The highest BCUT2D eigenvalue weighted by Gasteiger charge is 2.19. The summed E-state index contributed by atoms with van der Waals surface area (Å²) in [7, 11) is 0. The number of ether oxygens (including phenoxy) is 3. The zero-order valence-electron chi connectivity index (χ0n) is 28.9. The molecule has 0 rings (SSSR count). The number of hydrogen-bond acceptors (Lipinski definition) is 6. The van der Waals surface area contributed by atoms with Gasteiger partial charge in [0.25, 0.3) is 0 Å². The van der Waals surface area contributed by atoms with Crippen LogP contribution in [0.4, 0.5) is 0 Å². The molecule has 0 heterocycles. The molecule has 0 atom stereocenters. The molecule has 0 aliphatic carbocycles. The van der Waals surface area contributed by atoms with Crippen LogP contribution in [0.5, 0.6) is 0 Å². The Labute approximate surface area is 276 Å². The van der Waals surface area contributed by atoms with Crippen molar-refractivity contribution in [2.75, 3.05) is 13.2 Å². The molecular formula is C39H68O6. The zero-order valence-corrected chi connectivity index (χ0v) is 28.9. The molecule has 0 fully saturated rings. The van der Waals surface area contributed by atoms with Gasteiger partial charge in [-0.1, -0.05) is 115 Å². The molecule has 0 unspecified atom stereocenters. The van der Waals surface area contributed by atoms with Crippen LogP contribution in [0.1, 0.15) is 173 Å². The molecule has 0 saturated carbocycles. The number of carbonyl (C=O) groups excluding carboxylic acids is 3. The third-order valence-corrected chi connectivity index (χ3v) is 8.03. The molecule has 45 heavy (non-hydrogen) atoms. The summed E-state index contributed by atoms with van der Waals surface area (Å²) in [5.74, 6) is -0.934. The van der Waals surface area contributed by atoms with Gasteiger partial charge in [0.2, 0.25) is 0 Å². The number of esters is 3. The first-order valence-corrected chi connectivity index (χ1v) is 18.4. The molecular weight excluding hydrogens is 564 g/mol. The highest BCUT2D eigenvalue weighted by Crippen LogP contribution is 2.14. The predicted octanol–water partition coefficient (Wildman–Crippen LogP) is 11.1. The molecule has 0 bridgehead atoms. The Morgan fingerprint density at radius 3 is 0.978 bits per heavy atom. The van der Waals surface area contributed by atoms with Gasteiger partial charge in [-0.15, -0.1) is 19.7 Å². The minimum absolute atomic E-state index is 0.0856. The van der Waals surface area contributed by atoms with Crippen LogP contribution in [0.25, 0.3) is 0 Å². The molecule has 0 aromatic rings. The third-order valence-electron chi connectivity index (χ3n) is 8.03. The summed E-state index contributed by atoms with van der Waals surface area (Å²) < 4.78 is 16.5. The second-order valence-electron chi connectivity index (χ2n) is 12.4. The van der Waals surface area contributed by atoms with E-state index in [0.29, 0.717) is 19.3 Å². The summed E-state index contributed by atoms with van der Waals surface area (Å²) >= 11 is 0. The lowest BCUT2D eigenvalue weighted by Gasteiger charge is -2.18. The second-order valence-corrected chi connectivity index (χ2v) is 12.4. The van der Waals surface area contributed by atoms with Crippen molar-refractivity contribution in [3.8, 4) is 0 Å². The van der Waals surface area contributed by atoms with E-state index >= 15 is 0 Å². The van der Waals surface area contributed by atoms with Gasteiger partial charge < -0.3 is 14.2 Å². The highest BCUT2D eigenvalue weighted by molar-refractivity contribution is 5.71. The van der Waals surface area contributed by atoms with Gasteiger partial charge in [0.05, 0.1) is 0 Å². The zero-order chi connectivity index (χ0) is 33.1. The van der Waals surface area contributed by atoms with E-state index in [1.807, 2.05) is 18.2 Å². The molecule has 6 heteroatoms. The van der Waals surface area contributed by atoms with Crippen molar-refractivity contribution in [3.63, 3.8) is 0 Å². The van der Waals surface area contributed by atoms with Crippen LogP contribution in [0.15, 0.2) is 38.0 Å². The maximum atomic E-state index is 12.5. The van der Waals surface area contributed by atoms with E-state index in [4.69, 9.17) is 14.2 Å². The maximum Gasteiger partial charge on any atom is 0.306 e. The number of unbranched alkanes of at least 4 members (excludes halogenated alkanes) is 21. The maximum absolute atomic E-state index is 12.5. The fraction of sp³-hybridized carbons (Fsp3) is 0.769. The SMILES string of the molecule is C=CCCCCCCCCCC(=O)OCC(COC(=O)CCCCCCCCCC=C)OC(=O)CCCCCCCCCC=C. The van der Waals surface area contributed by atoms with E-state index < -0.39 is 6.10 Å². The topological polar surface area (TPSA) is 78.9 Å². The fourth-order valence-corrected chi connectivity index (χ4v) is 5.20. The van der Waals surface area contributed by atoms with Crippen molar-refractivity contribution in [2.24, 2.45) is 0 Å². The Bertz CT molecular complexity index is 704. The summed E-state index contributed by atoms with van der Waals surface area (Å²) in [6, 6.07) is 0. The lowest BCUT2D eigenvalue weighted by molar-refractivity contribution is -0.167. The van der Waals surface area contributed by atoms with E-state index in [0.717, 1.165) is 77.0 Å². The molecule has 0 aromatic heterocycles. The molecule has 6 nitrogen and oxygen atoms in total. The van der Waals surface area contributed by atoms with Gasteiger partial charge in [0.1, 0.15) is 13.2 Å². The van der Waals surface area contributed by atoms with Crippen LogP contribution in [0, 0.1) is 0 Å². The van der Waals surface area contributed by atoms with Gasteiger partial charge in [-0.2, -0.15) is 0 Å². The number of rotatable bonds is 35. The minimum atomic E-state index is -0.776. The summed E-state index contributed by atoms with van der Waals surface area (Å²) in [5, 5.41) is 0. The van der Waals surface area contributed by atoms with Crippen molar-refractivity contribution in [1.82, 2.24) is 0 Å². The highest BCUT2D eigenvalue weighted by atomic mass is 16.6. The van der Waals surface area contributed by atoms with Gasteiger partial charge >= 0.3 is 17.9 Å². The van der Waals surface area contributed by atoms with E-state index in [-0.39, 0.29) is 31.1 Å². The van der Waals surface area contributed by atoms with Crippen LogP contribution in [-0.4, -0.2) is 37.2 Å². The van der Waals surface area contributed by atoms with Crippen LogP contribution in [0.2, 0.25) is 0 Å². The molecule has 0 aromatic carbocycles. The molecule has 0 amide bonds. The number of carbonyl (C=O) groups is 3. The Hall–Kier alpha value is -2.37. The summed E-state index contributed by atoms with van der Waals surface area (Å²) in [4.78, 5) is 37.2. The van der Waals surface area contributed by atoms with Gasteiger partial charge in [0, 0.05) is 19.3 Å². The van der Waals surface area contributed by atoms with Crippen molar-refractivity contribution in [2.45, 2.75) is 179 Å². The summed E-state index contributed by atoms with van der Waals surface area (Å²) in [6.07, 6.45) is 32.5. The molecule has 0 aliphatic rings. The number of hydrogen-bond donors (Lipinski definition) is 0. The second kappa shape index (κ2) is 34.5. The monoisotopic (exact) mass is 633 g/mol. The van der Waals surface area contributed by atoms with Gasteiger partial charge in [-0.25, -0.2) is 0 Å². The molecule has 0 saturated heterocycles. The van der Waals surface area contributed by atoms with Crippen molar-refractivity contribution >= 4 is 17.9 Å². The Morgan fingerprint density at radius 2 is 0.667 bits per heavy atom. The lowest BCUT2D eigenvalue weighted by Crippen LogP contribution is -2.30. The largest absolute Gasteiger partial charge is 0.462 e. The molecule has 0 aliphatic heterocycles. The Kier molecular flexibility index (Phi) is 32.7. The Morgan fingerprint density at radius 1 is 0.400 bits per heavy atom. The van der Waals surface area contributed by atoms with Crippen LogP contribution in [0.3, 0.4) is 0 Å². The normalized spacial score (nSPS) is 10.9. The fourth-order valence-electron chi connectivity index (χ4n) is 5.20. The molecule has 0 radical (unpaired) electrons. The summed E-state index contributed by atoms with van der Waals surface area (Å²) in [5.41, 5.74) is 0. The van der Waals surface area contributed by atoms with Gasteiger partial charge in [-0.05, 0) is 57.8 Å². The van der Waals surface area contributed by atoms with Crippen LogP contribution in [-0.2, 0) is 28.6 Å². The summed E-state index contributed by atoms with van der Waals surface area (Å²) in [6.45, 7) is 11.1. The van der Waals surface area contributed by atoms with Crippen molar-refractivity contribution in [3.05, 3.63) is 38.0 Å². The molecule has 0 spiro atoms. The van der Waals surface area contributed by atoms with E-state index in [1.54, 1.807) is 0 Å². The first-order chi connectivity index (χ1) is 22.0. The van der Waals surface area contributed by atoms with E-state index in [2.05, 4.69) is 19.7 Å².